The van der Waals surface area contributed by atoms with Gasteiger partial charge in [0.1, 0.15) is 10.7 Å². The number of aromatic nitrogens is 1. The predicted octanol–water partition coefficient (Wildman–Crippen LogP) is 4.07. The number of methoxy groups -OCH3 is 2. The first kappa shape index (κ1) is 17.9. The van der Waals surface area contributed by atoms with E-state index in [9.17, 15) is 4.79 Å². The predicted molar refractivity (Wildman–Crippen MR) is 103 cm³/mol. The summed E-state index contributed by atoms with van der Waals surface area (Å²) in [5.41, 5.74) is 3.43. The fourth-order valence-electron chi connectivity index (χ4n) is 2.63. The van der Waals surface area contributed by atoms with Crippen LogP contribution in [-0.4, -0.2) is 25.1 Å². The van der Waals surface area contributed by atoms with Crippen LogP contribution >= 0.6 is 11.3 Å². The number of aryl methyl sites for hydroxylation is 1. The molecule has 1 amide bonds. The molecule has 0 bridgehead atoms. The minimum absolute atomic E-state index is 0.197. The second kappa shape index (κ2) is 8.01. The van der Waals surface area contributed by atoms with Gasteiger partial charge in [0.15, 0.2) is 11.5 Å². The Morgan fingerprint density at radius 2 is 1.92 bits per heavy atom. The van der Waals surface area contributed by atoms with Crippen molar-refractivity contribution in [1.29, 1.82) is 0 Å². The third kappa shape index (κ3) is 3.70. The third-order valence-corrected chi connectivity index (χ3v) is 4.95. The van der Waals surface area contributed by atoms with Gasteiger partial charge in [0, 0.05) is 11.9 Å². The molecule has 134 valence electrons. The molecule has 6 heteroatoms. The normalized spacial score (nSPS) is 10.4. The fraction of sp³-hybridized carbons (Fsp3) is 0.200. The van der Waals surface area contributed by atoms with Crippen molar-refractivity contribution < 1.29 is 14.3 Å². The van der Waals surface area contributed by atoms with Crippen LogP contribution in [0.4, 0.5) is 0 Å². The van der Waals surface area contributed by atoms with E-state index < -0.39 is 0 Å². The van der Waals surface area contributed by atoms with E-state index in [1.54, 1.807) is 19.6 Å². The number of ether oxygens (including phenoxy) is 2. The molecular weight excluding hydrogens is 348 g/mol. The molecule has 1 N–H and O–H groups in total. The minimum Gasteiger partial charge on any atom is -0.493 e. The van der Waals surface area contributed by atoms with Crippen LogP contribution in [-0.2, 0) is 6.54 Å². The van der Waals surface area contributed by atoms with Crippen LogP contribution in [0.5, 0.6) is 11.5 Å². The molecule has 0 aliphatic heterocycles. The van der Waals surface area contributed by atoms with E-state index in [0.717, 1.165) is 16.7 Å². The lowest BCUT2D eigenvalue weighted by atomic mass is 10.1. The maximum atomic E-state index is 12.4. The summed E-state index contributed by atoms with van der Waals surface area (Å²) in [5, 5.41) is 5.38. The number of para-hydroxylation sites is 1. The summed E-state index contributed by atoms with van der Waals surface area (Å²) in [7, 11) is 3.18. The SMILES string of the molecule is COc1cccc(-c2nc(C(=O)NCc3ccccc3C)cs2)c1OC. The van der Waals surface area contributed by atoms with Gasteiger partial charge in [-0.2, -0.15) is 0 Å². The van der Waals surface area contributed by atoms with Crippen LogP contribution in [0, 0.1) is 6.92 Å². The molecule has 5 nitrogen and oxygen atoms in total. The van der Waals surface area contributed by atoms with Gasteiger partial charge in [-0.05, 0) is 30.2 Å². The van der Waals surface area contributed by atoms with Gasteiger partial charge in [0.2, 0.25) is 0 Å². The summed E-state index contributed by atoms with van der Waals surface area (Å²) in [6, 6.07) is 13.6. The topological polar surface area (TPSA) is 60.5 Å². The van der Waals surface area contributed by atoms with E-state index in [0.29, 0.717) is 28.7 Å². The van der Waals surface area contributed by atoms with E-state index in [2.05, 4.69) is 10.3 Å². The van der Waals surface area contributed by atoms with Crippen molar-refractivity contribution in [1.82, 2.24) is 10.3 Å². The van der Waals surface area contributed by atoms with Crippen molar-refractivity contribution in [2.24, 2.45) is 0 Å². The van der Waals surface area contributed by atoms with Crippen LogP contribution in [0.15, 0.2) is 47.8 Å². The van der Waals surface area contributed by atoms with E-state index >= 15 is 0 Å². The molecular formula is C20H20N2O3S. The summed E-state index contributed by atoms with van der Waals surface area (Å²) in [6.45, 7) is 2.50. The van der Waals surface area contributed by atoms with Crippen LogP contribution < -0.4 is 14.8 Å². The van der Waals surface area contributed by atoms with E-state index in [1.165, 1.54) is 11.3 Å². The Labute approximate surface area is 156 Å². The maximum absolute atomic E-state index is 12.4. The molecule has 0 unspecified atom stereocenters. The second-order valence-electron chi connectivity index (χ2n) is 5.69. The van der Waals surface area contributed by atoms with E-state index in [-0.39, 0.29) is 5.91 Å². The smallest absolute Gasteiger partial charge is 0.271 e. The molecule has 0 atom stereocenters. The molecule has 0 aliphatic rings. The standard InChI is InChI=1S/C20H20N2O3S/c1-13-7-4-5-8-14(13)11-21-19(23)16-12-26-20(22-16)15-9-6-10-17(24-2)18(15)25-3/h4-10,12H,11H2,1-3H3,(H,21,23). The van der Waals surface area contributed by atoms with Gasteiger partial charge in [0.25, 0.3) is 5.91 Å². The summed E-state index contributed by atoms with van der Waals surface area (Å²) < 4.78 is 10.8. The van der Waals surface area contributed by atoms with Gasteiger partial charge < -0.3 is 14.8 Å². The van der Waals surface area contributed by atoms with Crippen molar-refractivity contribution >= 4 is 17.2 Å². The van der Waals surface area contributed by atoms with Crippen LogP contribution in [0.3, 0.4) is 0 Å². The van der Waals surface area contributed by atoms with Gasteiger partial charge in [-0.3, -0.25) is 4.79 Å². The lowest BCUT2D eigenvalue weighted by Gasteiger charge is -2.10. The van der Waals surface area contributed by atoms with Gasteiger partial charge in [-0.25, -0.2) is 4.98 Å². The van der Waals surface area contributed by atoms with Gasteiger partial charge in [-0.1, -0.05) is 30.3 Å². The highest BCUT2D eigenvalue weighted by Crippen LogP contribution is 2.38. The number of nitrogens with one attached hydrogen (secondary N) is 1. The number of hydrogen-bond acceptors (Lipinski definition) is 5. The number of nitrogens with zero attached hydrogens (tertiary/aromatic N) is 1. The first-order chi connectivity index (χ1) is 12.6. The molecule has 0 aliphatic carbocycles. The molecule has 1 aromatic heterocycles. The minimum atomic E-state index is -0.197. The highest BCUT2D eigenvalue weighted by atomic mass is 32.1. The molecule has 2 aromatic carbocycles. The molecule has 26 heavy (non-hydrogen) atoms. The Hall–Kier alpha value is -2.86. The van der Waals surface area contributed by atoms with Crippen molar-refractivity contribution in [3.05, 3.63) is 64.7 Å². The van der Waals surface area contributed by atoms with Gasteiger partial charge in [0.05, 0.1) is 19.8 Å². The highest BCUT2D eigenvalue weighted by Gasteiger charge is 2.17. The monoisotopic (exact) mass is 368 g/mol. The zero-order chi connectivity index (χ0) is 18.5. The Bertz CT molecular complexity index is 921. The fourth-order valence-corrected chi connectivity index (χ4v) is 3.45. The Morgan fingerprint density at radius 3 is 2.65 bits per heavy atom. The molecule has 0 saturated heterocycles. The largest absolute Gasteiger partial charge is 0.493 e. The van der Waals surface area contributed by atoms with Crippen LogP contribution in [0.25, 0.3) is 10.6 Å². The average Bonchev–Trinajstić information content (AvgIpc) is 3.16. The van der Waals surface area contributed by atoms with Crippen molar-refractivity contribution in [3.8, 4) is 22.1 Å². The van der Waals surface area contributed by atoms with Crippen molar-refractivity contribution in [2.45, 2.75) is 13.5 Å². The molecule has 0 saturated carbocycles. The number of rotatable bonds is 6. The lowest BCUT2D eigenvalue weighted by molar-refractivity contribution is 0.0946. The van der Waals surface area contributed by atoms with E-state index in [4.69, 9.17) is 9.47 Å². The molecule has 3 aromatic rings. The maximum Gasteiger partial charge on any atom is 0.271 e. The number of hydrogen-bond donors (Lipinski definition) is 1. The molecule has 1 heterocycles. The van der Waals surface area contributed by atoms with Crippen molar-refractivity contribution in [3.63, 3.8) is 0 Å². The molecule has 3 rings (SSSR count). The molecule has 0 radical (unpaired) electrons. The zero-order valence-electron chi connectivity index (χ0n) is 14.9. The first-order valence-corrected chi connectivity index (χ1v) is 9.01. The summed E-state index contributed by atoms with van der Waals surface area (Å²) in [4.78, 5) is 16.9. The third-order valence-electron chi connectivity index (χ3n) is 4.07. The van der Waals surface area contributed by atoms with Crippen molar-refractivity contribution in [2.75, 3.05) is 14.2 Å². The highest BCUT2D eigenvalue weighted by molar-refractivity contribution is 7.13. The number of benzene rings is 2. The van der Waals surface area contributed by atoms with Gasteiger partial charge in [-0.15, -0.1) is 11.3 Å². The summed E-state index contributed by atoms with van der Waals surface area (Å²) >= 11 is 1.40. The Morgan fingerprint density at radius 1 is 1.12 bits per heavy atom. The Kier molecular flexibility index (Phi) is 5.53. The first-order valence-electron chi connectivity index (χ1n) is 8.13. The zero-order valence-corrected chi connectivity index (χ0v) is 15.7. The molecule has 0 fully saturated rings. The lowest BCUT2D eigenvalue weighted by Crippen LogP contribution is -2.23. The summed E-state index contributed by atoms with van der Waals surface area (Å²) in [5.74, 6) is 1.04. The van der Waals surface area contributed by atoms with Crippen LogP contribution in [0.1, 0.15) is 21.6 Å². The van der Waals surface area contributed by atoms with E-state index in [1.807, 2.05) is 49.4 Å². The second-order valence-corrected chi connectivity index (χ2v) is 6.55. The van der Waals surface area contributed by atoms with Crippen LogP contribution in [0.2, 0.25) is 0 Å². The number of amides is 1. The molecule has 0 spiro atoms. The van der Waals surface area contributed by atoms with Gasteiger partial charge >= 0.3 is 0 Å². The quantitative estimate of drug-likeness (QED) is 0.713. The Balaban J connectivity index is 1.78. The number of thiazole rings is 1. The number of carbonyl (C=O) groups is 1. The summed E-state index contributed by atoms with van der Waals surface area (Å²) in [6.07, 6.45) is 0. The number of carbonyl (C=O) groups excluding carboxylic acids is 1. The average molecular weight is 368 g/mol.